The molecule has 2 N–H and O–H groups in total. The number of nitrogens with zero attached hydrogens (tertiary/aromatic N) is 6. The summed E-state index contributed by atoms with van der Waals surface area (Å²) < 4.78 is 1.90. The van der Waals surface area contributed by atoms with Gasteiger partial charge in [-0.05, 0) is 43.4 Å². The van der Waals surface area contributed by atoms with E-state index in [1.807, 2.05) is 22.7 Å². The van der Waals surface area contributed by atoms with Crippen LogP contribution in [0.4, 0.5) is 5.82 Å². The zero-order chi connectivity index (χ0) is 17.7. The van der Waals surface area contributed by atoms with Crippen LogP contribution in [0.15, 0.2) is 24.4 Å². The fourth-order valence-corrected chi connectivity index (χ4v) is 3.94. The number of hydrogen-bond acceptors (Lipinski definition) is 6. The van der Waals surface area contributed by atoms with Crippen LogP contribution >= 0.6 is 0 Å². The topological polar surface area (TPSA) is 95.2 Å². The molecule has 8 nitrogen and oxygen atoms in total. The monoisotopic (exact) mass is 353 g/mol. The second-order valence-electron chi connectivity index (χ2n) is 7.81. The zero-order valence-electron chi connectivity index (χ0n) is 14.8. The Morgan fingerprint density at radius 2 is 2.04 bits per heavy atom. The molecule has 1 aliphatic heterocycles. The smallest absolute Gasteiger partial charge is 0.178 e. The second kappa shape index (κ2) is 5.77. The molecule has 136 valence electrons. The Labute approximate surface area is 151 Å². The van der Waals surface area contributed by atoms with E-state index in [1.165, 1.54) is 0 Å². The third-order valence-corrected chi connectivity index (χ3v) is 5.81. The van der Waals surface area contributed by atoms with E-state index in [0.29, 0.717) is 31.1 Å². The lowest BCUT2D eigenvalue weighted by Gasteiger charge is -2.38. The third kappa shape index (κ3) is 2.74. The molecule has 1 aliphatic carbocycles. The molecule has 0 bridgehead atoms. The van der Waals surface area contributed by atoms with Crippen LogP contribution in [0.3, 0.4) is 0 Å². The minimum absolute atomic E-state index is 0.480. The van der Waals surface area contributed by atoms with E-state index in [0.717, 1.165) is 42.5 Å². The van der Waals surface area contributed by atoms with E-state index < -0.39 is 5.60 Å². The summed E-state index contributed by atoms with van der Waals surface area (Å²) in [7, 11) is 0. The van der Waals surface area contributed by atoms with E-state index in [1.54, 1.807) is 6.20 Å². The van der Waals surface area contributed by atoms with Crippen molar-refractivity contribution in [2.75, 3.05) is 18.0 Å². The van der Waals surface area contributed by atoms with E-state index in [2.05, 4.69) is 32.2 Å². The lowest BCUT2D eigenvalue weighted by Crippen LogP contribution is -2.46. The summed E-state index contributed by atoms with van der Waals surface area (Å²) in [6.07, 6.45) is 4.92. The maximum absolute atomic E-state index is 10.9. The molecule has 3 aromatic heterocycles. The van der Waals surface area contributed by atoms with Crippen molar-refractivity contribution in [1.29, 1.82) is 0 Å². The molecule has 0 radical (unpaired) electrons. The van der Waals surface area contributed by atoms with Gasteiger partial charge >= 0.3 is 0 Å². The minimum Gasteiger partial charge on any atom is -0.389 e. The Morgan fingerprint density at radius 3 is 2.73 bits per heavy atom. The Hall–Kier alpha value is -2.48. The summed E-state index contributed by atoms with van der Waals surface area (Å²) >= 11 is 0. The van der Waals surface area contributed by atoms with Crippen LogP contribution in [0, 0.1) is 5.92 Å². The number of piperidine rings is 1. The Kier molecular flexibility index (Phi) is 3.49. The second-order valence-corrected chi connectivity index (χ2v) is 7.81. The van der Waals surface area contributed by atoms with Gasteiger partial charge in [-0.25, -0.2) is 0 Å². The van der Waals surface area contributed by atoms with Gasteiger partial charge in [0, 0.05) is 37.3 Å². The summed E-state index contributed by atoms with van der Waals surface area (Å²) in [6, 6.07) is 5.91. The molecule has 2 unspecified atom stereocenters. The van der Waals surface area contributed by atoms with Crippen LogP contribution in [0.25, 0.3) is 5.65 Å². The first kappa shape index (κ1) is 15.7. The molecule has 0 aromatic carbocycles. The van der Waals surface area contributed by atoms with Gasteiger partial charge in [-0.1, -0.05) is 6.92 Å². The van der Waals surface area contributed by atoms with Gasteiger partial charge in [-0.3, -0.25) is 5.10 Å². The van der Waals surface area contributed by atoms with Gasteiger partial charge in [0.15, 0.2) is 11.5 Å². The van der Waals surface area contributed by atoms with E-state index in [-0.39, 0.29) is 0 Å². The average molecular weight is 353 g/mol. The van der Waals surface area contributed by atoms with Crippen molar-refractivity contribution in [2.24, 2.45) is 5.92 Å². The quantitative estimate of drug-likeness (QED) is 0.739. The number of aromatic nitrogens is 6. The SMILES string of the molecule is CC1CC1c1nnc2ccc(N3CCC(O)(Cc4ccn[nH]4)CC3)nn12. The van der Waals surface area contributed by atoms with Gasteiger partial charge in [0.2, 0.25) is 0 Å². The molecule has 2 fully saturated rings. The molecule has 26 heavy (non-hydrogen) atoms. The van der Waals surface area contributed by atoms with E-state index in [4.69, 9.17) is 5.10 Å². The molecular weight excluding hydrogens is 330 g/mol. The van der Waals surface area contributed by atoms with Gasteiger partial charge in [-0.15, -0.1) is 15.3 Å². The molecular formula is C18H23N7O. The molecule has 0 amide bonds. The predicted molar refractivity (Wildman–Crippen MR) is 96.0 cm³/mol. The van der Waals surface area contributed by atoms with Gasteiger partial charge in [0.25, 0.3) is 0 Å². The maximum Gasteiger partial charge on any atom is 0.178 e. The van der Waals surface area contributed by atoms with E-state index in [9.17, 15) is 5.11 Å². The van der Waals surface area contributed by atoms with Gasteiger partial charge in [0.1, 0.15) is 5.82 Å². The van der Waals surface area contributed by atoms with Crippen molar-refractivity contribution in [2.45, 2.75) is 44.1 Å². The number of anilines is 1. The third-order valence-electron chi connectivity index (χ3n) is 5.81. The molecule has 4 heterocycles. The first-order valence-electron chi connectivity index (χ1n) is 9.29. The van der Waals surface area contributed by atoms with Crippen LogP contribution in [0.2, 0.25) is 0 Å². The number of aromatic amines is 1. The molecule has 2 atom stereocenters. The summed E-state index contributed by atoms with van der Waals surface area (Å²) in [6.45, 7) is 3.79. The molecule has 5 rings (SSSR count). The fourth-order valence-electron chi connectivity index (χ4n) is 3.94. The normalized spacial score (nSPS) is 24.9. The van der Waals surface area contributed by atoms with Crippen LogP contribution in [0.1, 0.15) is 43.6 Å². The maximum atomic E-state index is 10.9. The lowest BCUT2D eigenvalue weighted by molar-refractivity contribution is 0.0155. The highest BCUT2D eigenvalue weighted by Crippen LogP contribution is 2.45. The summed E-state index contributed by atoms with van der Waals surface area (Å²) in [4.78, 5) is 2.24. The summed E-state index contributed by atoms with van der Waals surface area (Å²) in [5.74, 6) is 3.05. The van der Waals surface area contributed by atoms with E-state index >= 15 is 0 Å². The fraction of sp³-hybridized carbons (Fsp3) is 0.556. The van der Waals surface area contributed by atoms with Crippen molar-refractivity contribution in [3.8, 4) is 0 Å². The highest BCUT2D eigenvalue weighted by Gasteiger charge is 2.38. The highest BCUT2D eigenvalue weighted by molar-refractivity contribution is 5.46. The standard InChI is InChI=1S/C18H23N7O/c1-12-10-14(12)17-22-21-15-2-3-16(23-25(15)17)24-8-5-18(26,6-9-24)11-13-4-7-19-20-13/h2-4,7,12,14,26H,5-6,8-11H2,1H3,(H,19,20). The summed E-state index contributed by atoms with van der Waals surface area (Å²) in [5.41, 5.74) is 1.10. The number of H-pyrrole nitrogens is 1. The number of fused-ring (bicyclic) bond motifs is 1. The Balaban J connectivity index is 1.33. The molecule has 3 aromatic rings. The molecule has 1 saturated carbocycles. The predicted octanol–water partition coefficient (Wildman–Crippen LogP) is 1.54. The first-order chi connectivity index (χ1) is 12.6. The van der Waals surface area contributed by atoms with Crippen molar-refractivity contribution < 1.29 is 5.11 Å². The Morgan fingerprint density at radius 1 is 1.23 bits per heavy atom. The highest BCUT2D eigenvalue weighted by atomic mass is 16.3. The summed E-state index contributed by atoms with van der Waals surface area (Å²) in [5, 5.41) is 31.2. The van der Waals surface area contributed by atoms with Gasteiger partial charge in [0.05, 0.1) is 5.60 Å². The largest absolute Gasteiger partial charge is 0.389 e. The molecule has 1 saturated heterocycles. The van der Waals surface area contributed by atoms with Crippen LogP contribution < -0.4 is 4.90 Å². The average Bonchev–Trinajstić information content (AvgIpc) is 3.03. The van der Waals surface area contributed by atoms with Crippen LogP contribution in [-0.2, 0) is 6.42 Å². The molecule has 0 spiro atoms. The Bertz CT molecular complexity index is 911. The van der Waals surface area contributed by atoms with Crippen molar-refractivity contribution in [3.05, 3.63) is 35.9 Å². The van der Waals surface area contributed by atoms with Gasteiger partial charge in [-0.2, -0.15) is 9.61 Å². The minimum atomic E-state index is -0.682. The van der Waals surface area contributed by atoms with Crippen LogP contribution in [0.5, 0.6) is 0 Å². The molecule has 8 heteroatoms. The van der Waals surface area contributed by atoms with Crippen molar-refractivity contribution >= 4 is 11.5 Å². The van der Waals surface area contributed by atoms with Gasteiger partial charge < -0.3 is 10.0 Å². The number of nitrogens with one attached hydrogen (secondary N) is 1. The first-order valence-corrected chi connectivity index (χ1v) is 9.29. The number of rotatable bonds is 4. The van der Waals surface area contributed by atoms with Crippen LogP contribution in [-0.4, -0.2) is 53.8 Å². The zero-order valence-corrected chi connectivity index (χ0v) is 14.8. The lowest BCUT2D eigenvalue weighted by atomic mass is 9.87. The van der Waals surface area contributed by atoms with Crippen molar-refractivity contribution in [1.82, 2.24) is 30.0 Å². The molecule has 2 aliphatic rings. The van der Waals surface area contributed by atoms with Crippen molar-refractivity contribution in [3.63, 3.8) is 0 Å². The number of hydrogen-bond donors (Lipinski definition) is 2. The number of aliphatic hydroxyl groups is 1.